The van der Waals surface area contributed by atoms with E-state index < -0.39 is 0 Å². The number of carbonyl (C=O) groups is 2. The van der Waals surface area contributed by atoms with Crippen molar-refractivity contribution >= 4 is 11.8 Å². The molecule has 0 bridgehead atoms. The third kappa shape index (κ3) is 2.43. The zero-order chi connectivity index (χ0) is 11.4. The van der Waals surface area contributed by atoms with Gasteiger partial charge in [-0.05, 0) is 32.4 Å². The van der Waals surface area contributed by atoms with Gasteiger partial charge in [0.1, 0.15) is 0 Å². The van der Waals surface area contributed by atoms with E-state index in [1.54, 1.807) is 32.0 Å². The van der Waals surface area contributed by atoms with Gasteiger partial charge >= 0.3 is 5.97 Å². The van der Waals surface area contributed by atoms with Crippen LogP contribution in [0.4, 0.5) is 0 Å². The molecule has 1 rings (SSSR count). The number of Topliss-reactive ketones (excluding diaryl/α,β-unsaturated/α-hetero) is 1. The predicted octanol–water partition coefficient (Wildman–Crippen LogP) is 2.37. The van der Waals surface area contributed by atoms with Crippen LogP contribution >= 0.6 is 0 Å². The van der Waals surface area contributed by atoms with E-state index >= 15 is 0 Å². The lowest BCUT2D eigenvalue weighted by molar-refractivity contribution is 0.0525. The summed E-state index contributed by atoms with van der Waals surface area (Å²) in [4.78, 5) is 22.8. The summed E-state index contributed by atoms with van der Waals surface area (Å²) in [7, 11) is 0. The molecular weight excluding hydrogens is 192 g/mol. The smallest absolute Gasteiger partial charge is 0.338 e. The van der Waals surface area contributed by atoms with Crippen molar-refractivity contribution in [3.8, 4) is 0 Å². The molecule has 0 aliphatic heterocycles. The van der Waals surface area contributed by atoms with Crippen LogP contribution in [0.5, 0.6) is 0 Å². The van der Waals surface area contributed by atoms with Crippen LogP contribution in [-0.4, -0.2) is 18.4 Å². The Hall–Kier alpha value is -1.64. The summed E-state index contributed by atoms with van der Waals surface area (Å²) in [5.74, 6) is -0.420. The number of hydrogen-bond donors (Lipinski definition) is 0. The number of rotatable bonds is 3. The minimum atomic E-state index is -0.377. The van der Waals surface area contributed by atoms with E-state index in [1.807, 2.05) is 0 Å². The van der Waals surface area contributed by atoms with Gasteiger partial charge in [-0.25, -0.2) is 4.79 Å². The molecule has 3 heteroatoms. The SMILES string of the molecule is CCOC(=O)c1cccc(C(C)=O)c1C. The van der Waals surface area contributed by atoms with Crippen molar-refractivity contribution in [2.75, 3.05) is 6.61 Å². The standard InChI is InChI=1S/C12H14O3/c1-4-15-12(14)11-7-5-6-10(8(11)2)9(3)13/h5-7H,4H2,1-3H3. The molecule has 15 heavy (non-hydrogen) atoms. The predicted molar refractivity (Wildman–Crippen MR) is 57.1 cm³/mol. The molecule has 0 heterocycles. The van der Waals surface area contributed by atoms with Gasteiger partial charge in [-0.1, -0.05) is 12.1 Å². The molecule has 0 aliphatic rings. The lowest BCUT2D eigenvalue weighted by atomic mass is 10.00. The van der Waals surface area contributed by atoms with Crippen LogP contribution in [0.15, 0.2) is 18.2 Å². The Labute approximate surface area is 89.1 Å². The van der Waals surface area contributed by atoms with Crippen LogP contribution in [0.3, 0.4) is 0 Å². The van der Waals surface area contributed by atoms with Crippen molar-refractivity contribution in [1.82, 2.24) is 0 Å². The summed E-state index contributed by atoms with van der Waals surface area (Å²) in [6.45, 7) is 5.32. The number of hydrogen-bond acceptors (Lipinski definition) is 3. The molecule has 0 N–H and O–H groups in total. The van der Waals surface area contributed by atoms with Crippen molar-refractivity contribution in [3.63, 3.8) is 0 Å². The molecule has 0 atom stereocenters. The number of ether oxygens (including phenoxy) is 1. The van der Waals surface area contributed by atoms with Gasteiger partial charge in [-0.2, -0.15) is 0 Å². The molecule has 1 aromatic rings. The first-order chi connectivity index (χ1) is 7.07. The molecule has 0 amide bonds. The van der Waals surface area contributed by atoms with Gasteiger partial charge in [-0.3, -0.25) is 4.79 Å². The molecule has 0 aliphatic carbocycles. The molecule has 0 saturated carbocycles. The molecule has 80 valence electrons. The monoisotopic (exact) mass is 206 g/mol. The first-order valence-electron chi connectivity index (χ1n) is 4.85. The van der Waals surface area contributed by atoms with E-state index in [-0.39, 0.29) is 11.8 Å². The summed E-state index contributed by atoms with van der Waals surface area (Å²) in [5.41, 5.74) is 1.72. The van der Waals surface area contributed by atoms with E-state index in [0.717, 1.165) is 0 Å². The van der Waals surface area contributed by atoms with E-state index in [9.17, 15) is 9.59 Å². The lowest BCUT2D eigenvalue weighted by Gasteiger charge is -2.08. The highest BCUT2D eigenvalue weighted by atomic mass is 16.5. The summed E-state index contributed by atoms with van der Waals surface area (Å²) in [6.07, 6.45) is 0. The molecule has 1 aromatic carbocycles. The molecular formula is C12H14O3. The van der Waals surface area contributed by atoms with Crippen LogP contribution < -0.4 is 0 Å². The molecule has 0 spiro atoms. The summed E-state index contributed by atoms with van der Waals surface area (Å²) in [6, 6.07) is 5.07. The third-order valence-electron chi connectivity index (χ3n) is 2.21. The first kappa shape index (κ1) is 11.4. The minimum Gasteiger partial charge on any atom is -0.462 e. The van der Waals surface area contributed by atoms with E-state index in [2.05, 4.69) is 0 Å². The number of carbonyl (C=O) groups excluding carboxylic acids is 2. The Morgan fingerprint density at radius 1 is 1.27 bits per heavy atom. The van der Waals surface area contributed by atoms with Crippen molar-refractivity contribution in [1.29, 1.82) is 0 Å². The molecule has 0 radical (unpaired) electrons. The fourth-order valence-corrected chi connectivity index (χ4v) is 1.45. The number of ketones is 1. The largest absolute Gasteiger partial charge is 0.462 e. The second kappa shape index (κ2) is 4.73. The average Bonchev–Trinajstić information content (AvgIpc) is 2.17. The highest BCUT2D eigenvalue weighted by Gasteiger charge is 2.13. The molecule has 3 nitrogen and oxygen atoms in total. The molecule has 0 aromatic heterocycles. The Balaban J connectivity index is 3.15. The fraction of sp³-hybridized carbons (Fsp3) is 0.333. The second-order valence-corrected chi connectivity index (χ2v) is 3.25. The van der Waals surface area contributed by atoms with Gasteiger partial charge in [0, 0.05) is 5.56 Å². The van der Waals surface area contributed by atoms with Crippen molar-refractivity contribution < 1.29 is 14.3 Å². The van der Waals surface area contributed by atoms with Crippen LogP contribution in [0, 0.1) is 6.92 Å². The average molecular weight is 206 g/mol. The van der Waals surface area contributed by atoms with Crippen LogP contribution in [0.1, 0.15) is 40.1 Å². The van der Waals surface area contributed by atoms with E-state index in [4.69, 9.17) is 4.74 Å². The maximum atomic E-state index is 11.5. The lowest BCUT2D eigenvalue weighted by Crippen LogP contribution is -2.09. The highest BCUT2D eigenvalue weighted by molar-refractivity contribution is 6.00. The summed E-state index contributed by atoms with van der Waals surface area (Å²) >= 11 is 0. The van der Waals surface area contributed by atoms with Gasteiger partial charge in [0.05, 0.1) is 12.2 Å². The van der Waals surface area contributed by atoms with Gasteiger partial charge < -0.3 is 4.74 Å². The van der Waals surface area contributed by atoms with Crippen molar-refractivity contribution in [3.05, 3.63) is 34.9 Å². The minimum absolute atomic E-state index is 0.0429. The quantitative estimate of drug-likeness (QED) is 0.563. The zero-order valence-corrected chi connectivity index (χ0v) is 9.16. The normalized spacial score (nSPS) is 9.80. The Kier molecular flexibility index (Phi) is 3.61. The van der Waals surface area contributed by atoms with Crippen molar-refractivity contribution in [2.24, 2.45) is 0 Å². The number of benzene rings is 1. The number of esters is 1. The highest BCUT2D eigenvalue weighted by Crippen LogP contribution is 2.15. The Morgan fingerprint density at radius 3 is 2.40 bits per heavy atom. The van der Waals surface area contributed by atoms with Crippen LogP contribution in [-0.2, 0) is 4.74 Å². The van der Waals surface area contributed by atoms with Gasteiger partial charge in [0.2, 0.25) is 0 Å². The van der Waals surface area contributed by atoms with Crippen molar-refractivity contribution in [2.45, 2.75) is 20.8 Å². The first-order valence-corrected chi connectivity index (χ1v) is 4.85. The maximum absolute atomic E-state index is 11.5. The summed E-state index contributed by atoms with van der Waals surface area (Å²) in [5, 5.41) is 0. The fourth-order valence-electron chi connectivity index (χ4n) is 1.45. The van der Waals surface area contributed by atoms with Gasteiger partial charge in [0.25, 0.3) is 0 Å². The second-order valence-electron chi connectivity index (χ2n) is 3.25. The van der Waals surface area contributed by atoms with Gasteiger partial charge in [-0.15, -0.1) is 0 Å². The Bertz CT molecular complexity index is 394. The Morgan fingerprint density at radius 2 is 1.87 bits per heavy atom. The molecule has 0 unspecified atom stereocenters. The van der Waals surface area contributed by atoms with Crippen LogP contribution in [0.2, 0.25) is 0 Å². The summed E-state index contributed by atoms with van der Waals surface area (Å²) < 4.78 is 4.89. The van der Waals surface area contributed by atoms with E-state index in [0.29, 0.717) is 23.3 Å². The zero-order valence-electron chi connectivity index (χ0n) is 9.16. The molecule has 0 fully saturated rings. The third-order valence-corrected chi connectivity index (χ3v) is 2.21. The maximum Gasteiger partial charge on any atom is 0.338 e. The van der Waals surface area contributed by atoms with Crippen LogP contribution in [0.25, 0.3) is 0 Å². The van der Waals surface area contributed by atoms with Gasteiger partial charge in [0.15, 0.2) is 5.78 Å². The molecule has 0 saturated heterocycles. The topological polar surface area (TPSA) is 43.4 Å². The van der Waals surface area contributed by atoms with E-state index in [1.165, 1.54) is 6.92 Å².